The van der Waals surface area contributed by atoms with Crippen LogP contribution in [0.3, 0.4) is 0 Å². The second-order valence-electron chi connectivity index (χ2n) is 6.38. The number of hydrogen-bond donors (Lipinski definition) is 0. The lowest BCUT2D eigenvalue weighted by molar-refractivity contribution is 0.0781. The minimum absolute atomic E-state index is 0.0766. The van der Waals surface area contributed by atoms with Gasteiger partial charge in [-0.15, -0.1) is 11.8 Å². The number of amides is 1. The van der Waals surface area contributed by atoms with Crippen LogP contribution in [0.5, 0.6) is 0 Å². The van der Waals surface area contributed by atoms with E-state index in [-0.39, 0.29) is 11.7 Å². The molecule has 0 aliphatic heterocycles. The highest BCUT2D eigenvalue weighted by atomic mass is 32.2. The number of carbonyl (C=O) groups excluding carboxylic acids is 1. The summed E-state index contributed by atoms with van der Waals surface area (Å²) in [6.07, 6.45) is 0. The van der Waals surface area contributed by atoms with Crippen LogP contribution in [0.4, 0.5) is 4.39 Å². The quantitative estimate of drug-likeness (QED) is 0.539. The standard InChI is InChI=1S/C23H19FN2OS/c1-26(15-18-10-12-20(24)13-11-18)23(27)21-4-2-3-5-22(21)28-16-19-8-6-17(14-25)7-9-19/h2-13H,15-16H2,1H3. The van der Waals surface area contributed by atoms with Gasteiger partial charge in [0.15, 0.2) is 0 Å². The van der Waals surface area contributed by atoms with E-state index in [1.54, 1.807) is 48.0 Å². The van der Waals surface area contributed by atoms with Crippen molar-refractivity contribution in [2.75, 3.05) is 7.05 Å². The summed E-state index contributed by atoms with van der Waals surface area (Å²) in [5.41, 5.74) is 3.24. The molecule has 0 radical (unpaired) electrons. The minimum Gasteiger partial charge on any atom is -0.337 e. The highest BCUT2D eigenvalue weighted by Crippen LogP contribution is 2.27. The number of carbonyl (C=O) groups is 1. The van der Waals surface area contributed by atoms with Crippen molar-refractivity contribution in [1.82, 2.24) is 4.90 Å². The summed E-state index contributed by atoms with van der Waals surface area (Å²) < 4.78 is 13.1. The summed E-state index contributed by atoms with van der Waals surface area (Å²) in [4.78, 5) is 15.5. The first kappa shape index (κ1) is 19.7. The van der Waals surface area contributed by atoms with E-state index in [9.17, 15) is 9.18 Å². The third-order valence-corrected chi connectivity index (χ3v) is 5.42. The molecule has 0 saturated carbocycles. The summed E-state index contributed by atoms with van der Waals surface area (Å²) in [6.45, 7) is 0.410. The Kier molecular flexibility index (Phi) is 6.46. The first-order chi connectivity index (χ1) is 13.6. The molecule has 0 saturated heterocycles. The fraction of sp³-hybridized carbons (Fsp3) is 0.130. The zero-order valence-electron chi connectivity index (χ0n) is 15.4. The number of nitriles is 1. The molecule has 3 aromatic carbocycles. The number of halogens is 1. The van der Waals surface area contributed by atoms with E-state index in [1.165, 1.54) is 12.1 Å². The molecule has 0 aliphatic rings. The van der Waals surface area contributed by atoms with Gasteiger partial charge in [0, 0.05) is 24.2 Å². The van der Waals surface area contributed by atoms with Gasteiger partial charge in [-0.2, -0.15) is 5.26 Å². The van der Waals surface area contributed by atoms with Gasteiger partial charge in [0.1, 0.15) is 5.82 Å². The van der Waals surface area contributed by atoms with E-state index in [2.05, 4.69) is 6.07 Å². The van der Waals surface area contributed by atoms with Gasteiger partial charge in [0.2, 0.25) is 0 Å². The summed E-state index contributed by atoms with van der Waals surface area (Å²) in [5, 5.41) is 8.89. The highest BCUT2D eigenvalue weighted by molar-refractivity contribution is 7.98. The second-order valence-corrected chi connectivity index (χ2v) is 7.40. The lowest BCUT2D eigenvalue weighted by Crippen LogP contribution is -2.26. The summed E-state index contributed by atoms with van der Waals surface area (Å²) >= 11 is 1.59. The van der Waals surface area contributed by atoms with Crippen molar-refractivity contribution in [2.24, 2.45) is 0 Å². The SMILES string of the molecule is CN(Cc1ccc(F)cc1)C(=O)c1ccccc1SCc1ccc(C#N)cc1. The Morgan fingerprint density at radius 3 is 2.32 bits per heavy atom. The van der Waals surface area contributed by atoms with Crippen LogP contribution < -0.4 is 0 Å². The smallest absolute Gasteiger partial charge is 0.255 e. The molecule has 3 nitrogen and oxygen atoms in total. The van der Waals surface area contributed by atoms with Crippen LogP contribution in [0.1, 0.15) is 27.0 Å². The van der Waals surface area contributed by atoms with Crippen molar-refractivity contribution >= 4 is 17.7 Å². The van der Waals surface area contributed by atoms with Crippen LogP contribution in [0.2, 0.25) is 0 Å². The Labute approximate surface area is 168 Å². The van der Waals surface area contributed by atoms with Gasteiger partial charge in [-0.1, -0.05) is 36.4 Å². The summed E-state index contributed by atoms with van der Waals surface area (Å²) in [7, 11) is 1.74. The van der Waals surface area contributed by atoms with E-state index >= 15 is 0 Å². The zero-order chi connectivity index (χ0) is 19.9. The number of benzene rings is 3. The fourth-order valence-electron chi connectivity index (χ4n) is 2.75. The molecule has 3 aromatic rings. The number of hydrogen-bond acceptors (Lipinski definition) is 3. The number of nitrogens with zero attached hydrogens (tertiary/aromatic N) is 2. The van der Waals surface area contributed by atoms with Crippen molar-refractivity contribution < 1.29 is 9.18 Å². The predicted octanol–water partition coefficient (Wildman–Crippen LogP) is 5.26. The average molecular weight is 390 g/mol. The molecular weight excluding hydrogens is 371 g/mol. The molecule has 0 aromatic heterocycles. The lowest BCUT2D eigenvalue weighted by Gasteiger charge is -2.19. The average Bonchev–Trinajstić information content (AvgIpc) is 2.74. The van der Waals surface area contributed by atoms with Crippen LogP contribution in [0.25, 0.3) is 0 Å². The van der Waals surface area contributed by atoms with Crippen LogP contribution in [-0.2, 0) is 12.3 Å². The molecule has 0 aliphatic carbocycles. The van der Waals surface area contributed by atoms with Crippen molar-refractivity contribution in [3.63, 3.8) is 0 Å². The van der Waals surface area contributed by atoms with Crippen molar-refractivity contribution in [3.05, 3.63) is 101 Å². The molecule has 0 heterocycles. The van der Waals surface area contributed by atoms with Gasteiger partial charge in [-0.25, -0.2) is 4.39 Å². The molecule has 140 valence electrons. The third-order valence-electron chi connectivity index (χ3n) is 4.27. The monoisotopic (exact) mass is 390 g/mol. The van der Waals surface area contributed by atoms with Gasteiger partial charge in [-0.05, 0) is 47.5 Å². The molecule has 0 spiro atoms. The largest absolute Gasteiger partial charge is 0.337 e. The Bertz CT molecular complexity index is 994. The molecule has 0 bridgehead atoms. The van der Waals surface area contributed by atoms with E-state index in [4.69, 9.17) is 5.26 Å². The highest BCUT2D eigenvalue weighted by Gasteiger charge is 2.16. The van der Waals surface area contributed by atoms with E-state index in [0.29, 0.717) is 23.4 Å². The maximum Gasteiger partial charge on any atom is 0.255 e. The minimum atomic E-state index is -0.290. The molecule has 0 atom stereocenters. The van der Waals surface area contributed by atoms with Crippen molar-refractivity contribution in [2.45, 2.75) is 17.2 Å². The van der Waals surface area contributed by atoms with Crippen molar-refractivity contribution in [3.8, 4) is 6.07 Å². The maximum absolute atomic E-state index is 13.1. The molecular formula is C23H19FN2OS. The molecule has 3 rings (SSSR count). The molecule has 0 N–H and O–H groups in total. The van der Waals surface area contributed by atoms with Crippen LogP contribution in [0.15, 0.2) is 77.7 Å². The number of rotatable bonds is 6. The molecule has 5 heteroatoms. The predicted molar refractivity (Wildman–Crippen MR) is 109 cm³/mol. The van der Waals surface area contributed by atoms with Gasteiger partial charge < -0.3 is 4.90 Å². The van der Waals surface area contributed by atoms with Gasteiger partial charge in [0.05, 0.1) is 17.2 Å². The Morgan fingerprint density at radius 2 is 1.64 bits per heavy atom. The molecule has 1 amide bonds. The zero-order valence-corrected chi connectivity index (χ0v) is 16.2. The van der Waals surface area contributed by atoms with Crippen molar-refractivity contribution in [1.29, 1.82) is 5.26 Å². The van der Waals surface area contributed by atoms with E-state index < -0.39 is 0 Å². The Balaban J connectivity index is 1.70. The second kappa shape index (κ2) is 9.20. The number of thioether (sulfide) groups is 1. The Morgan fingerprint density at radius 1 is 1.00 bits per heavy atom. The van der Waals surface area contributed by atoms with Gasteiger partial charge in [0.25, 0.3) is 5.91 Å². The maximum atomic E-state index is 13.1. The van der Waals surface area contributed by atoms with E-state index in [0.717, 1.165) is 16.0 Å². The van der Waals surface area contributed by atoms with Gasteiger partial charge in [-0.3, -0.25) is 4.79 Å². The Hall–Kier alpha value is -3.10. The molecule has 0 unspecified atom stereocenters. The topological polar surface area (TPSA) is 44.1 Å². The molecule has 28 heavy (non-hydrogen) atoms. The lowest BCUT2D eigenvalue weighted by atomic mass is 10.1. The normalized spacial score (nSPS) is 10.3. The van der Waals surface area contributed by atoms with Crippen LogP contribution in [0, 0.1) is 17.1 Å². The van der Waals surface area contributed by atoms with Crippen LogP contribution in [-0.4, -0.2) is 17.9 Å². The summed E-state index contributed by atoms with van der Waals surface area (Å²) in [6, 6.07) is 23.2. The first-order valence-corrected chi connectivity index (χ1v) is 9.76. The first-order valence-electron chi connectivity index (χ1n) is 8.77. The van der Waals surface area contributed by atoms with Gasteiger partial charge >= 0.3 is 0 Å². The third kappa shape index (κ3) is 4.99. The fourth-order valence-corrected chi connectivity index (χ4v) is 3.75. The summed E-state index contributed by atoms with van der Waals surface area (Å²) in [5.74, 6) is 0.340. The molecule has 0 fully saturated rings. The van der Waals surface area contributed by atoms with Crippen LogP contribution >= 0.6 is 11.8 Å². The van der Waals surface area contributed by atoms with E-state index in [1.807, 2.05) is 36.4 Å².